The van der Waals surface area contributed by atoms with Gasteiger partial charge in [0.15, 0.2) is 12.2 Å². The topological polar surface area (TPSA) is 93.5 Å². The highest BCUT2D eigenvalue weighted by Gasteiger charge is 2.19. The molecule has 1 aliphatic heterocycles. The number of hydrogen-bond acceptors (Lipinski definition) is 5. The molecule has 1 atom stereocenters. The Morgan fingerprint density at radius 1 is 1.31 bits per heavy atom. The van der Waals surface area contributed by atoms with Crippen molar-refractivity contribution < 1.29 is 18.8 Å². The van der Waals surface area contributed by atoms with Crippen molar-refractivity contribution in [1.29, 1.82) is 0 Å². The highest BCUT2D eigenvalue weighted by molar-refractivity contribution is 5.95. The molecule has 7 nitrogen and oxygen atoms in total. The number of hydrogen-bond donors (Lipinski definition) is 2. The molecule has 2 aromatic carbocycles. The van der Waals surface area contributed by atoms with Gasteiger partial charge in [-0.2, -0.15) is 0 Å². The van der Waals surface area contributed by atoms with Crippen molar-refractivity contribution in [2.75, 3.05) is 11.9 Å². The van der Waals surface area contributed by atoms with Crippen LogP contribution in [-0.4, -0.2) is 23.6 Å². The van der Waals surface area contributed by atoms with Gasteiger partial charge in [0.05, 0.1) is 18.2 Å². The fourth-order valence-corrected chi connectivity index (χ4v) is 2.96. The van der Waals surface area contributed by atoms with E-state index >= 15 is 0 Å². The highest BCUT2D eigenvalue weighted by atomic mass is 16.5. The average molecular weight is 351 g/mol. The Bertz CT molecular complexity index is 995. The van der Waals surface area contributed by atoms with E-state index in [1.165, 1.54) is 0 Å². The van der Waals surface area contributed by atoms with Crippen LogP contribution in [0.1, 0.15) is 24.2 Å². The zero-order chi connectivity index (χ0) is 18.1. The predicted octanol–water partition coefficient (Wildman–Crippen LogP) is 2.58. The number of fused-ring (bicyclic) bond motifs is 2. The van der Waals surface area contributed by atoms with Crippen molar-refractivity contribution in [3.05, 3.63) is 53.7 Å². The van der Waals surface area contributed by atoms with Gasteiger partial charge in [0.1, 0.15) is 11.4 Å². The first-order valence-corrected chi connectivity index (χ1v) is 8.29. The Labute approximate surface area is 149 Å². The molecule has 26 heavy (non-hydrogen) atoms. The monoisotopic (exact) mass is 351 g/mol. The van der Waals surface area contributed by atoms with Crippen LogP contribution < -0.4 is 15.4 Å². The lowest BCUT2D eigenvalue weighted by Gasteiger charge is -2.20. The maximum atomic E-state index is 12.4. The molecule has 1 aromatic heterocycles. The largest absolute Gasteiger partial charge is 0.482 e. The molecule has 1 aliphatic rings. The molecule has 2 amide bonds. The number of nitrogens with zero attached hydrogens (tertiary/aromatic N) is 1. The molecule has 3 aromatic rings. The van der Waals surface area contributed by atoms with E-state index in [1.807, 2.05) is 43.3 Å². The minimum atomic E-state index is -0.232. The van der Waals surface area contributed by atoms with Gasteiger partial charge in [0.2, 0.25) is 5.91 Å². The Hall–Kier alpha value is -3.35. The lowest BCUT2D eigenvalue weighted by Crippen LogP contribution is -2.29. The summed E-state index contributed by atoms with van der Waals surface area (Å²) < 4.78 is 10.6. The van der Waals surface area contributed by atoms with E-state index in [4.69, 9.17) is 9.26 Å². The number of carbonyl (C=O) groups is 2. The van der Waals surface area contributed by atoms with E-state index in [0.29, 0.717) is 22.7 Å². The highest BCUT2D eigenvalue weighted by Crippen LogP contribution is 2.30. The van der Waals surface area contributed by atoms with Crippen LogP contribution >= 0.6 is 0 Å². The zero-order valence-electron chi connectivity index (χ0n) is 14.1. The maximum Gasteiger partial charge on any atom is 0.262 e. The van der Waals surface area contributed by atoms with Crippen molar-refractivity contribution in [2.45, 2.75) is 19.4 Å². The lowest BCUT2D eigenvalue weighted by molar-refractivity contribution is -0.121. The molecule has 0 bridgehead atoms. The van der Waals surface area contributed by atoms with E-state index in [0.717, 1.165) is 10.9 Å². The van der Waals surface area contributed by atoms with E-state index in [1.54, 1.807) is 6.07 Å². The molecule has 2 N–H and O–H groups in total. The third kappa shape index (κ3) is 3.11. The summed E-state index contributed by atoms with van der Waals surface area (Å²) in [5.41, 5.74) is 2.75. The predicted molar refractivity (Wildman–Crippen MR) is 94.8 cm³/mol. The van der Waals surface area contributed by atoms with Gasteiger partial charge in [0, 0.05) is 5.39 Å². The minimum absolute atomic E-state index is 0.0181. The average Bonchev–Trinajstić information content (AvgIpc) is 3.04. The molecule has 0 saturated heterocycles. The Balaban J connectivity index is 1.46. The molecule has 0 radical (unpaired) electrons. The standard InChI is InChI=1S/C19H17N3O4/c1-11(12-6-7-17-15(8-12)21-19(24)10-25-17)20-18(23)9-14-13-4-2-3-5-16(13)26-22-14/h2-8,11H,9-10H2,1H3,(H,20,23)(H,21,24)/t11-/m0/s1. The third-order valence-electron chi connectivity index (χ3n) is 4.29. The van der Waals surface area contributed by atoms with Crippen molar-refractivity contribution in [2.24, 2.45) is 0 Å². The second-order valence-electron chi connectivity index (χ2n) is 6.18. The van der Waals surface area contributed by atoms with E-state index < -0.39 is 0 Å². The summed E-state index contributed by atoms with van der Waals surface area (Å²) in [7, 11) is 0. The molecule has 0 fully saturated rings. The van der Waals surface area contributed by atoms with Crippen LogP contribution in [0.15, 0.2) is 47.0 Å². The molecule has 0 spiro atoms. The summed E-state index contributed by atoms with van der Waals surface area (Å²) >= 11 is 0. The van der Waals surface area contributed by atoms with Crippen LogP contribution in [0.25, 0.3) is 11.0 Å². The second kappa shape index (κ2) is 6.51. The Morgan fingerprint density at radius 2 is 2.15 bits per heavy atom. The molecular weight excluding hydrogens is 334 g/mol. The maximum absolute atomic E-state index is 12.4. The number of carbonyl (C=O) groups excluding carboxylic acids is 2. The number of anilines is 1. The fourth-order valence-electron chi connectivity index (χ4n) is 2.96. The van der Waals surface area contributed by atoms with E-state index in [-0.39, 0.29) is 30.9 Å². The van der Waals surface area contributed by atoms with Gasteiger partial charge in [-0.1, -0.05) is 23.4 Å². The first-order chi connectivity index (χ1) is 12.6. The van der Waals surface area contributed by atoms with Crippen LogP contribution in [0.5, 0.6) is 5.75 Å². The molecular formula is C19H17N3O4. The van der Waals surface area contributed by atoms with Gasteiger partial charge in [-0.3, -0.25) is 9.59 Å². The quantitative estimate of drug-likeness (QED) is 0.753. The number of amides is 2. The van der Waals surface area contributed by atoms with Crippen molar-refractivity contribution in [3.63, 3.8) is 0 Å². The van der Waals surface area contributed by atoms with Crippen LogP contribution in [-0.2, 0) is 16.0 Å². The summed E-state index contributed by atoms with van der Waals surface area (Å²) in [5, 5.41) is 10.5. The molecule has 0 aliphatic carbocycles. The van der Waals surface area contributed by atoms with Crippen molar-refractivity contribution in [1.82, 2.24) is 10.5 Å². The first kappa shape index (κ1) is 16.1. The molecule has 0 saturated carbocycles. The van der Waals surface area contributed by atoms with E-state index in [9.17, 15) is 9.59 Å². The number of para-hydroxylation sites is 1. The molecule has 7 heteroatoms. The normalized spacial score (nSPS) is 14.3. The zero-order valence-corrected chi connectivity index (χ0v) is 14.1. The second-order valence-corrected chi connectivity index (χ2v) is 6.18. The van der Waals surface area contributed by atoms with Crippen molar-refractivity contribution >= 4 is 28.5 Å². The number of ether oxygens (including phenoxy) is 1. The number of nitrogens with one attached hydrogen (secondary N) is 2. The number of rotatable bonds is 4. The van der Waals surface area contributed by atoms with Gasteiger partial charge < -0.3 is 19.9 Å². The first-order valence-electron chi connectivity index (χ1n) is 8.29. The SMILES string of the molecule is C[C@H](NC(=O)Cc1noc2ccccc12)c1ccc2c(c1)NC(=O)CO2. The lowest BCUT2D eigenvalue weighted by atomic mass is 10.1. The number of aromatic nitrogens is 1. The van der Waals surface area contributed by atoms with Gasteiger partial charge >= 0.3 is 0 Å². The molecule has 4 rings (SSSR count). The Kier molecular flexibility index (Phi) is 4.04. The minimum Gasteiger partial charge on any atom is -0.482 e. The van der Waals surface area contributed by atoms with Gasteiger partial charge in [-0.15, -0.1) is 0 Å². The van der Waals surface area contributed by atoms with Crippen LogP contribution in [0.3, 0.4) is 0 Å². The van der Waals surface area contributed by atoms with Gasteiger partial charge in [-0.25, -0.2) is 0 Å². The fraction of sp³-hybridized carbons (Fsp3) is 0.211. The Morgan fingerprint density at radius 3 is 3.04 bits per heavy atom. The van der Waals surface area contributed by atoms with Gasteiger partial charge in [0.25, 0.3) is 5.91 Å². The van der Waals surface area contributed by atoms with Crippen LogP contribution in [0.4, 0.5) is 5.69 Å². The summed E-state index contributed by atoms with van der Waals surface area (Å²) in [4.78, 5) is 23.8. The van der Waals surface area contributed by atoms with E-state index in [2.05, 4.69) is 15.8 Å². The molecule has 2 heterocycles. The van der Waals surface area contributed by atoms with Crippen molar-refractivity contribution in [3.8, 4) is 5.75 Å². The summed E-state index contributed by atoms with van der Waals surface area (Å²) in [6, 6.07) is 12.7. The molecule has 0 unspecified atom stereocenters. The summed E-state index contributed by atoms with van der Waals surface area (Å²) in [5.74, 6) is 0.278. The molecule has 132 valence electrons. The summed E-state index contributed by atoms with van der Waals surface area (Å²) in [6.07, 6.45) is 0.131. The summed E-state index contributed by atoms with van der Waals surface area (Å²) in [6.45, 7) is 1.90. The smallest absolute Gasteiger partial charge is 0.262 e. The van der Waals surface area contributed by atoms with Gasteiger partial charge in [-0.05, 0) is 36.8 Å². The number of benzene rings is 2. The third-order valence-corrected chi connectivity index (χ3v) is 4.29. The van der Waals surface area contributed by atoms with Crippen LogP contribution in [0, 0.1) is 0 Å². The van der Waals surface area contributed by atoms with Crippen LogP contribution in [0.2, 0.25) is 0 Å².